The smallest absolute Gasteiger partial charge is 0.141 e. The molecule has 5 heteroatoms. The number of para-hydroxylation sites is 1. The standard InChI is InChI=1S/C16H15FN4/c1-20(16-8-7-14(17)10-18-16)11-13-9-19-21(12-13)15-5-3-2-4-6-15/h2-10,12H,11H2,1H3. The maximum atomic E-state index is 12.9. The van der Waals surface area contributed by atoms with E-state index in [1.165, 1.54) is 12.3 Å². The van der Waals surface area contributed by atoms with E-state index >= 15 is 0 Å². The van der Waals surface area contributed by atoms with E-state index in [0.717, 1.165) is 17.1 Å². The van der Waals surface area contributed by atoms with Crippen LogP contribution < -0.4 is 4.90 Å². The van der Waals surface area contributed by atoms with Gasteiger partial charge >= 0.3 is 0 Å². The van der Waals surface area contributed by atoms with E-state index in [4.69, 9.17) is 0 Å². The normalized spacial score (nSPS) is 10.6. The molecule has 0 unspecified atom stereocenters. The van der Waals surface area contributed by atoms with Gasteiger partial charge in [0.25, 0.3) is 0 Å². The highest BCUT2D eigenvalue weighted by Crippen LogP contribution is 2.14. The SMILES string of the molecule is CN(Cc1cnn(-c2ccccc2)c1)c1ccc(F)cn1. The summed E-state index contributed by atoms with van der Waals surface area (Å²) in [6, 6.07) is 13.0. The van der Waals surface area contributed by atoms with Crippen LogP contribution in [-0.4, -0.2) is 21.8 Å². The molecule has 21 heavy (non-hydrogen) atoms. The monoisotopic (exact) mass is 282 g/mol. The third-order valence-corrected chi connectivity index (χ3v) is 3.18. The molecule has 0 saturated carbocycles. The summed E-state index contributed by atoms with van der Waals surface area (Å²) in [7, 11) is 1.92. The minimum atomic E-state index is -0.330. The van der Waals surface area contributed by atoms with Crippen molar-refractivity contribution in [3.63, 3.8) is 0 Å². The van der Waals surface area contributed by atoms with Crippen molar-refractivity contribution in [2.45, 2.75) is 6.54 Å². The lowest BCUT2D eigenvalue weighted by Crippen LogP contribution is -2.17. The van der Waals surface area contributed by atoms with Crippen LogP contribution in [0.5, 0.6) is 0 Å². The van der Waals surface area contributed by atoms with Crippen LogP contribution in [-0.2, 0) is 6.54 Å². The van der Waals surface area contributed by atoms with Crippen molar-refractivity contribution in [2.75, 3.05) is 11.9 Å². The number of rotatable bonds is 4. The zero-order valence-corrected chi connectivity index (χ0v) is 11.6. The predicted molar refractivity (Wildman–Crippen MR) is 79.9 cm³/mol. The molecule has 0 N–H and O–H groups in total. The predicted octanol–water partition coefficient (Wildman–Crippen LogP) is 3.04. The Balaban J connectivity index is 1.74. The lowest BCUT2D eigenvalue weighted by Gasteiger charge is -2.16. The van der Waals surface area contributed by atoms with Crippen LogP contribution >= 0.6 is 0 Å². The highest BCUT2D eigenvalue weighted by Gasteiger charge is 2.06. The van der Waals surface area contributed by atoms with Gasteiger partial charge in [-0.1, -0.05) is 18.2 Å². The summed E-state index contributed by atoms with van der Waals surface area (Å²) in [5, 5.41) is 4.36. The average molecular weight is 282 g/mol. The first-order valence-corrected chi connectivity index (χ1v) is 6.64. The molecule has 0 spiro atoms. The summed E-state index contributed by atoms with van der Waals surface area (Å²) in [6.07, 6.45) is 5.03. The summed E-state index contributed by atoms with van der Waals surface area (Å²) in [6.45, 7) is 0.658. The van der Waals surface area contributed by atoms with Gasteiger partial charge in [-0.25, -0.2) is 14.1 Å². The molecular weight excluding hydrogens is 267 g/mol. The topological polar surface area (TPSA) is 34.0 Å². The largest absolute Gasteiger partial charge is 0.355 e. The molecule has 0 aliphatic carbocycles. The molecule has 3 rings (SSSR count). The lowest BCUT2D eigenvalue weighted by molar-refractivity contribution is 0.621. The molecule has 0 bridgehead atoms. The first kappa shape index (κ1) is 13.3. The summed E-state index contributed by atoms with van der Waals surface area (Å²) >= 11 is 0. The molecule has 0 radical (unpaired) electrons. The van der Waals surface area contributed by atoms with E-state index in [1.54, 1.807) is 6.07 Å². The Labute approximate surface area is 122 Å². The summed E-state index contributed by atoms with van der Waals surface area (Å²) in [5.41, 5.74) is 2.08. The molecule has 0 aliphatic rings. The molecule has 4 nitrogen and oxygen atoms in total. The third kappa shape index (κ3) is 3.08. The Hall–Kier alpha value is -2.69. The molecule has 0 atom stereocenters. The number of pyridine rings is 1. The van der Waals surface area contributed by atoms with E-state index in [0.29, 0.717) is 6.54 Å². The Morgan fingerprint density at radius 3 is 2.62 bits per heavy atom. The van der Waals surface area contributed by atoms with Crippen molar-refractivity contribution < 1.29 is 4.39 Å². The van der Waals surface area contributed by atoms with Crippen LogP contribution in [0.25, 0.3) is 5.69 Å². The number of hydrogen-bond acceptors (Lipinski definition) is 3. The van der Waals surface area contributed by atoms with E-state index in [2.05, 4.69) is 10.1 Å². The van der Waals surface area contributed by atoms with Gasteiger partial charge in [-0.3, -0.25) is 0 Å². The Morgan fingerprint density at radius 2 is 1.90 bits per heavy atom. The van der Waals surface area contributed by atoms with Gasteiger partial charge in [0.05, 0.1) is 18.1 Å². The molecular formula is C16H15FN4. The number of anilines is 1. The van der Waals surface area contributed by atoms with Crippen molar-refractivity contribution in [3.05, 3.63) is 72.4 Å². The second kappa shape index (κ2) is 5.75. The highest BCUT2D eigenvalue weighted by atomic mass is 19.1. The maximum absolute atomic E-state index is 12.9. The summed E-state index contributed by atoms with van der Waals surface area (Å²) in [4.78, 5) is 6.01. The quantitative estimate of drug-likeness (QED) is 0.737. The fourth-order valence-electron chi connectivity index (χ4n) is 2.11. The minimum absolute atomic E-state index is 0.330. The number of benzene rings is 1. The molecule has 2 aromatic heterocycles. The molecule has 0 saturated heterocycles. The van der Waals surface area contributed by atoms with Gasteiger partial charge in [-0.05, 0) is 24.3 Å². The van der Waals surface area contributed by atoms with Gasteiger partial charge in [0, 0.05) is 25.4 Å². The fourth-order valence-corrected chi connectivity index (χ4v) is 2.11. The van der Waals surface area contributed by atoms with Gasteiger partial charge in [0.15, 0.2) is 0 Å². The third-order valence-electron chi connectivity index (χ3n) is 3.18. The minimum Gasteiger partial charge on any atom is -0.355 e. The van der Waals surface area contributed by atoms with Crippen LogP contribution in [0, 0.1) is 5.82 Å². The second-order valence-electron chi connectivity index (χ2n) is 4.82. The van der Waals surface area contributed by atoms with Gasteiger partial charge in [0.1, 0.15) is 11.6 Å². The van der Waals surface area contributed by atoms with Crippen LogP contribution in [0.4, 0.5) is 10.2 Å². The summed E-state index contributed by atoms with van der Waals surface area (Å²) in [5.74, 6) is 0.396. The highest BCUT2D eigenvalue weighted by molar-refractivity contribution is 5.38. The Bertz CT molecular complexity index is 707. The van der Waals surface area contributed by atoms with Crippen LogP contribution in [0.2, 0.25) is 0 Å². The zero-order chi connectivity index (χ0) is 14.7. The Morgan fingerprint density at radius 1 is 1.10 bits per heavy atom. The van der Waals surface area contributed by atoms with Crippen molar-refractivity contribution in [1.82, 2.24) is 14.8 Å². The lowest BCUT2D eigenvalue weighted by atomic mass is 10.3. The average Bonchev–Trinajstić information content (AvgIpc) is 2.97. The van der Waals surface area contributed by atoms with Gasteiger partial charge in [-0.15, -0.1) is 0 Å². The number of halogens is 1. The van der Waals surface area contributed by atoms with Crippen molar-refractivity contribution in [2.24, 2.45) is 0 Å². The van der Waals surface area contributed by atoms with Crippen LogP contribution in [0.1, 0.15) is 5.56 Å². The van der Waals surface area contributed by atoms with Gasteiger partial charge in [-0.2, -0.15) is 5.10 Å². The molecule has 0 aliphatic heterocycles. The summed E-state index contributed by atoms with van der Waals surface area (Å²) < 4.78 is 14.7. The van der Waals surface area contributed by atoms with E-state index in [9.17, 15) is 4.39 Å². The van der Waals surface area contributed by atoms with Crippen molar-refractivity contribution >= 4 is 5.82 Å². The van der Waals surface area contributed by atoms with E-state index in [-0.39, 0.29) is 5.82 Å². The molecule has 1 aromatic carbocycles. The van der Waals surface area contributed by atoms with E-state index < -0.39 is 0 Å². The number of hydrogen-bond donors (Lipinski definition) is 0. The molecule has 0 amide bonds. The zero-order valence-electron chi connectivity index (χ0n) is 11.6. The number of aromatic nitrogens is 3. The van der Waals surface area contributed by atoms with Gasteiger partial charge in [0.2, 0.25) is 0 Å². The maximum Gasteiger partial charge on any atom is 0.141 e. The van der Waals surface area contributed by atoms with E-state index in [1.807, 2.05) is 59.4 Å². The van der Waals surface area contributed by atoms with Crippen molar-refractivity contribution in [3.8, 4) is 5.69 Å². The molecule has 3 aromatic rings. The number of nitrogens with zero attached hydrogens (tertiary/aromatic N) is 4. The Kier molecular flexibility index (Phi) is 3.64. The fraction of sp³-hybridized carbons (Fsp3) is 0.125. The molecule has 2 heterocycles. The molecule has 106 valence electrons. The molecule has 0 fully saturated rings. The second-order valence-corrected chi connectivity index (χ2v) is 4.82. The van der Waals surface area contributed by atoms with Crippen LogP contribution in [0.15, 0.2) is 61.1 Å². The van der Waals surface area contributed by atoms with Crippen molar-refractivity contribution in [1.29, 1.82) is 0 Å². The van der Waals surface area contributed by atoms with Gasteiger partial charge < -0.3 is 4.90 Å². The van der Waals surface area contributed by atoms with Crippen LogP contribution in [0.3, 0.4) is 0 Å². The first-order valence-electron chi connectivity index (χ1n) is 6.64. The first-order chi connectivity index (χ1) is 10.2.